The molecular formula is C14H15ClN2O3S. The molecule has 0 fully saturated rings. The number of carbonyl (C=O) groups excluding carboxylic acids is 1. The Morgan fingerprint density at radius 2 is 2.14 bits per heavy atom. The number of halogens is 1. The Kier molecular flexibility index (Phi) is 5.64. The second-order valence-corrected chi connectivity index (χ2v) is 6.28. The lowest BCUT2D eigenvalue weighted by Crippen LogP contribution is -2.08. The van der Waals surface area contributed by atoms with Gasteiger partial charge in [0.05, 0.1) is 19.3 Å². The van der Waals surface area contributed by atoms with Crippen LogP contribution < -0.4 is 0 Å². The number of hydrogen-bond donors (Lipinski definition) is 0. The molecule has 7 heteroatoms. The average molecular weight is 327 g/mol. The summed E-state index contributed by atoms with van der Waals surface area (Å²) < 4.78 is 9.83. The molecule has 0 spiro atoms. The normalized spacial score (nSPS) is 12.1. The third-order valence-electron chi connectivity index (χ3n) is 2.74. The molecule has 1 aromatic heterocycles. The van der Waals surface area contributed by atoms with E-state index in [0.29, 0.717) is 28.9 Å². The minimum absolute atomic E-state index is 0.128. The van der Waals surface area contributed by atoms with E-state index in [0.717, 1.165) is 5.56 Å². The first kappa shape index (κ1) is 15.9. The lowest BCUT2D eigenvalue weighted by molar-refractivity contribution is -0.140. The van der Waals surface area contributed by atoms with Gasteiger partial charge in [0.2, 0.25) is 11.7 Å². The van der Waals surface area contributed by atoms with Gasteiger partial charge >= 0.3 is 5.97 Å². The molecule has 0 aliphatic carbocycles. The van der Waals surface area contributed by atoms with Crippen LogP contribution in [0.1, 0.15) is 19.2 Å². The summed E-state index contributed by atoms with van der Waals surface area (Å²) in [6.07, 6.45) is 0.360. The number of carbonyl (C=O) groups is 1. The Morgan fingerprint density at radius 3 is 2.81 bits per heavy atom. The maximum atomic E-state index is 11.2. The zero-order chi connectivity index (χ0) is 15.2. The third kappa shape index (κ3) is 4.75. The fourth-order valence-electron chi connectivity index (χ4n) is 1.62. The maximum Gasteiger partial charge on any atom is 0.306 e. The second-order valence-electron chi connectivity index (χ2n) is 4.42. The summed E-state index contributed by atoms with van der Waals surface area (Å²) in [4.78, 5) is 15.5. The highest BCUT2D eigenvalue weighted by atomic mass is 35.5. The number of ether oxygens (including phenoxy) is 1. The number of hydrogen-bond acceptors (Lipinski definition) is 6. The van der Waals surface area contributed by atoms with Crippen molar-refractivity contribution in [3.8, 4) is 11.4 Å². The Bertz CT molecular complexity index is 601. The maximum absolute atomic E-state index is 11.2. The van der Waals surface area contributed by atoms with Crippen LogP contribution in [0, 0.1) is 0 Å². The molecule has 0 saturated heterocycles. The SMILES string of the molecule is COC(=O)CC(C)SCc1nc(-c2ccc(Cl)cc2)no1. The van der Waals surface area contributed by atoms with Gasteiger partial charge in [-0.1, -0.05) is 23.7 Å². The van der Waals surface area contributed by atoms with Crippen molar-refractivity contribution < 1.29 is 14.1 Å². The van der Waals surface area contributed by atoms with E-state index in [9.17, 15) is 4.79 Å². The summed E-state index contributed by atoms with van der Waals surface area (Å²) in [5.41, 5.74) is 0.849. The van der Waals surface area contributed by atoms with Crippen molar-refractivity contribution in [2.75, 3.05) is 7.11 Å². The van der Waals surface area contributed by atoms with E-state index in [1.165, 1.54) is 7.11 Å². The highest BCUT2D eigenvalue weighted by Crippen LogP contribution is 2.22. The van der Waals surface area contributed by atoms with Gasteiger partial charge in [0.25, 0.3) is 0 Å². The summed E-state index contributed by atoms with van der Waals surface area (Å²) in [6.45, 7) is 1.96. The van der Waals surface area contributed by atoms with Gasteiger partial charge in [-0.05, 0) is 24.3 Å². The highest BCUT2D eigenvalue weighted by Gasteiger charge is 2.13. The van der Waals surface area contributed by atoms with E-state index in [2.05, 4.69) is 14.9 Å². The molecule has 1 atom stereocenters. The van der Waals surface area contributed by atoms with Crippen LogP contribution in [0.3, 0.4) is 0 Å². The molecule has 0 aliphatic heterocycles. The van der Waals surface area contributed by atoms with E-state index in [-0.39, 0.29) is 11.2 Å². The smallest absolute Gasteiger partial charge is 0.306 e. The molecular weight excluding hydrogens is 312 g/mol. The molecule has 5 nitrogen and oxygen atoms in total. The molecule has 21 heavy (non-hydrogen) atoms. The molecule has 1 heterocycles. The topological polar surface area (TPSA) is 65.2 Å². The van der Waals surface area contributed by atoms with Crippen LogP contribution in [0.4, 0.5) is 0 Å². The lowest BCUT2D eigenvalue weighted by atomic mass is 10.2. The zero-order valence-corrected chi connectivity index (χ0v) is 13.3. The van der Waals surface area contributed by atoms with Gasteiger partial charge in [-0.2, -0.15) is 4.98 Å². The van der Waals surface area contributed by atoms with Gasteiger partial charge in [0.1, 0.15) is 0 Å². The summed E-state index contributed by atoms with van der Waals surface area (Å²) in [5, 5.41) is 4.73. The second kappa shape index (κ2) is 7.47. The highest BCUT2D eigenvalue weighted by molar-refractivity contribution is 7.99. The minimum atomic E-state index is -0.220. The molecule has 1 unspecified atom stereocenters. The Morgan fingerprint density at radius 1 is 1.43 bits per heavy atom. The number of nitrogens with zero attached hydrogens (tertiary/aromatic N) is 2. The lowest BCUT2D eigenvalue weighted by Gasteiger charge is -2.07. The van der Waals surface area contributed by atoms with Gasteiger partial charge in [0.15, 0.2) is 0 Å². The van der Waals surface area contributed by atoms with Crippen molar-refractivity contribution in [2.45, 2.75) is 24.3 Å². The van der Waals surface area contributed by atoms with Gasteiger partial charge < -0.3 is 9.26 Å². The Hall–Kier alpha value is -1.53. The summed E-state index contributed by atoms with van der Waals surface area (Å²) in [7, 11) is 1.39. The number of rotatable bonds is 6. The standard InChI is InChI=1S/C14H15ClN2O3S/c1-9(7-13(18)19-2)21-8-12-16-14(17-20-12)10-3-5-11(15)6-4-10/h3-6,9H,7-8H2,1-2H3. The van der Waals surface area contributed by atoms with Crippen molar-refractivity contribution >= 4 is 29.3 Å². The zero-order valence-electron chi connectivity index (χ0n) is 11.7. The Labute approximate surface area is 132 Å². The number of esters is 1. The fraction of sp³-hybridized carbons (Fsp3) is 0.357. The predicted molar refractivity (Wildman–Crippen MR) is 82.1 cm³/mol. The van der Waals surface area contributed by atoms with E-state index in [4.69, 9.17) is 16.1 Å². The molecule has 0 N–H and O–H groups in total. The van der Waals surface area contributed by atoms with Gasteiger partial charge in [-0.3, -0.25) is 4.79 Å². The van der Waals surface area contributed by atoms with Crippen LogP contribution in [0.15, 0.2) is 28.8 Å². The third-order valence-corrected chi connectivity index (χ3v) is 4.14. The molecule has 112 valence electrons. The average Bonchev–Trinajstić information content (AvgIpc) is 2.94. The first-order valence-electron chi connectivity index (χ1n) is 6.35. The minimum Gasteiger partial charge on any atom is -0.469 e. The molecule has 2 rings (SSSR count). The van der Waals surface area contributed by atoms with Crippen molar-refractivity contribution in [1.82, 2.24) is 10.1 Å². The predicted octanol–water partition coefficient (Wildman–Crippen LogP) is 3.57. The first-order chi connectivity index (χ1) is 10.1. The molecule has 0 radical (unpaired) electrons. The molecule has 0 aliphatic rings. The first-order valence-corrected chi connectivity index (χ1v) is 7.78. The monoisotopic (exact) mass is 326 g/mol. The van der Waals surface area contributed by atoms with E-state index >= 15 is 0 Å². The van der Waals surface area contributed by atoms with Crippen LogP contribution in [0.25, 0.3) is 11.4 Å². The van der Waals surface area contributed by atoms with Crippen LogP contribution in [-0.4, -0.2) is 28.5 Å². The molecule has 0 bridgehead atoms. The Balaban J connectivity index is 1.91. The van der Waals surface area contributed by atoms with E-state index in [1.807, 2.05) is 19.1 Å². The summed E-state index contributed by atoms with van der Waals surface area (Å²) in [5.74, 6) is 1.39. The van der Waals surface area contributed by atoms with E-state index < -0.39 is 0 Å². The van der Waals surface area contributed by atoms with Crippen molar-refractivity contribution in [3.63, 3.8) is 0 Å². The quantitative estimate of drug-likeness (QED) is 0.756. The number of methoxy groups -OCH3 is 1. The summed E-state index contributed by atoms with van der Waals surface area (Å²) >= 11 is 7.40. The largest absolute Gasteiger partial charge is 0.469 e. The molecule has 2 aromatic rings. The van der Waals surface area contributed by atoms with Crippen molar-refractivity contribution in [2.24, 2.45) is 0 Å². The van der Waals surface area contributed by atoms with Crippen molar-refractivity contribution in [3.05, 3.63) is 35.2 Å². The van der Waals surface area contributed by atoms with Gasteiger partial charge in [-0.25, -0.2) is 0 Å². The van der Waals surface area contributed by atoms with Crippen LogP contribution >= 0.6 is 23.4 Å². The van der Waals surface area contributed by atoms with E-state index in [1.54, 1.807) is 23.9 Å². The van der Waals surface area contributed by atoms with Crippen molar-refractivity contribution in [1.29, 1.82) is 0 Å². The van der Waals surface area contributed by atoms with Crippen LogP contribution in [0.2, 0.25) is 5.02 Å². The van der Waals surface area contributed by atoms with Crippen LogP contribution in [0.5, 0.6) is 0 Å². The van der Waals surface area contributed by atoms with Gasteiger partial charge in [-0.15, -0.1) is 11.8 Å². The molecule has 1 aromatic carbocycles. The fourth-order valence-corrected chi connectivity index (χ4v) is 2.54. The molecule has 0 saturated carbocycles. The number of benzene rings is 1. The summed E-state index contributed by atoms with van der Waals surface area (Å²) in [6, 6.07) is 7.23. The number of aromatic nitrogens is 2. The number of thioether (sulfide) groups is 1. The van der Waals surface area contributed by atoms with Gasteiger partial charge in [0, 0.05) is 15.8 Å². The van der Waals surface area contributed by atoms with Crippen LogP contribution in [-0.2, 0) is 15.3 Å². The molecule has 0 amide bonds.